The van der Waals surface area contributed by atoms with E-state index in [9.17, 15) is 9.90 Å². The molecule has 2 heteroatoms. The number of carbonyl (C=O) groups is 1. The number of hydrogen-bond acceptors (Lipinski definition) is 2. The van der Waals surface area contributed by atoms with Crippen LogP contribution >= 0.6 is 0 Å². The molecule has 0 spiro atoms. The normalized spacial score (nSPS) is 18.7. The molecule has 1 N–H and O–H groups in total. The number of Topliss-reactive ketones (excluding diaryl/α,β-unsaturated/α-hetero) is 1. The van der Waals surface area contributed by atoms with Crippen molar-refractivity contribution in [2.75, 3.05) is 0 Å². The van der Waals surface area contributed by atoms with Gasteiger partial charge in [0.25, 0.3) is 0 Å². The molecule has 0 aliphatic heterocycles. The van der Waals surface area contributed by atoms with Gasteiger partial charge in [-0.2, -0.15) is 0 Å². The van der Waals surface area contributed by atoms with Gasteiger partial charge >= 0.3 is 0 Å². The molecule has 0 saturated heterocycles. The number of hydrogen-bond donors (Lipinski definition) is 1. The van der Waals surface area contributed by atoms with E-state index in [2.05, 4.69) is 6.58 Å². The first-order valence-corrected chi connectivity index (χ1v) is 3.80. The van der Waals surface area contributed by atoms with Gasteiger partial charge in [-0.15, -0.1) is 6.58 Å². The minimum atomic E-state index is 0.0775. The molecule has 0 unspecified atom stereocenters. The van der Waals surface area contributed by atoms with Crippen molar-refractivity contribution in [2.24, 2.45) is 0 Å². The quantitative estimate of drug-likeness (QED) is 0.615. The molecule has 0 fully saturated rings. The van der Waals surface area contributed by atoms with Gasteiger partial charge in [-0.1, -0.05) is 6.08 Å². The van der Waals surface area contributed by atoms with Gasteiger partial charge in [0.1, 0.15) is 0 Å². The van der Waals surface area contributed by atoms with Crippen molar-refractivity contribution in [2.45, 2.75) is 25.7 Å². The first-order chi connectivity index (χ1) is 5.25. The van der Waals surface area contributed by atoms with Crippen LogP contribution in [0.15, 0.2) is 24.0 Å². The van der Waals surface area contributed by atoms with Gasteiger partial charge in [-0.3, -0.25) is 4.79 Å². The molecule has 0 atom stereocenters. The third-order valence-electron chi connectivity index (χ3n) is 1.85. The van der Waals surface area contributed by atoms with Gasteiger partial charge in [0.2, 0.25) is 0 Å². The van der Waals surface area contributed by atoms with E-state index >= 15 is 0 Å². The van der Waals surface area contributed by atoms with Gasteiger partial charge < -0.3 is 5.11 Å². The highest BCUT2D eigenvalue weighted by Crippen LogP contribution is 2.22. The molecule has 0 radical (unpaired) electrons. The van der Waals surface area contributed by atoms with Gasteiger partial charge in [0, 0.05) is 18.4 Å². The van der Waals surface area contributed by atoms with Crippen LogP contribution in [-0.2, 0) is 4.79 Å². The number of aliphatic hydroxyl groups is 1. The smallest absolute Gasteiger partial charge is 0.162 e. The summed E-state index contributed by atoms with van der Waals surface area (Å²) in [6.07, 6.45) is 4.16. The summed E-state index contributed by atoms with van der Waals surface area (Å²) in [4.78, 5) is 11.1. The Morgan fingerprint density at radius 3 is 2.82 bits per heavy atom. The molecule has 11 heavy (non-hydrogen) atoms. The highest BCUT2D eigenvalue weighted by molar-refractivity contribution is 5.96. The molecule has 0 aromatic carbocycles. The van der Waals surface area contributed by atoms with E-state index in [0.717, 1.165) is 6.42 Å². The third kappa shape index (κ3) is 1.70. The second-order valence-electron chi connectivity index (χ2n) is 2.69. The molecule has 2 nitrogen and oxygen atoms in total. The molecule has 0 amide bonds. The van der Waals surface area contributed by atoms with Crippen molar-refractivity contribution < 1.29 is 9.90 Å². The molecular weight excluding hydrogens is 140 g/mol. The van der Waals surface area contributed by atoms with E-state index in [1.54, 1.807) is 6.08 Å². The van der Waals surface area contributed by atoms with Gasteiger partial charge in [-0.05, 0) is 12.8 Å². The van der Waals surface area contributed by atoms with Crippen molar-refractivity contribution in [1.82, 2.24) is 0 Å². The van der Waals surface area contributed by atoms with E-state index in [-0.39, 0.29) is 11.5 Å². The van der Waals surface area contributed by atoms with E-state index in [0.29, 0.717) is 24.8 Å². The highest BCUT2D eigenvalue weighted by Gasteiger charge is 2.18. The van der Waals surface area contributed by atoms with E-state index in [1.165, 1.54) is 0 Å². The molecule has 0 bridgehead atoms. The van der Waals surface area contributed by atoms with Gasteiger partial charge in [0.05, 0.1) is 5.76 Å². The van der Waals surface area contributed by atoms with Crippen LogP contribution in [0.3, 0.4) is 0 Å². The maximum atomic E-state index is 11.1. The summed E-state index contributed by atoms with van der Waals surface area (Å²) in [6.45, 7) is 3.53. The summed E-state index contributed by atoms with van der Waals surface area (Å²) in [5.74, 6) is 0.342. The number of rotatable bonds is 2. The fourth-order valence-corrected chi connectivity index (χ4v) is 1.26. The lowest BCUT2D eigenvalue weighted by Gasteiger charge is -2.12. The molecule has 0 saturated carbocycles. The van der Waals surface area contributed by atoms with Crippen LogP contribution < -0.4 is 0 Å². The Morgan fingerprint density at radius 1 is 1.55 bits per heavy atom. The van der Waals surface area contributed by atoms with Crippen LogP contribution in [0.1, 0.15) is 25.7 Å². The van der Waals surface area contributed by atoms with Crippen molar-refractivity contribution in [3.8, 4) is 0 Å². The van der Waals surface area contributed by atoms with E-state index in [1.807, 2.05) is 0 Å². The van der Waals surface area contributed by atoms with Gasteiger partial charge in [-0.25, -0.2) is 0 Å². The summed E-state index contributed by atoms with van der Waals surface area (Å²) in [6, 6.07) is 0. The topological polar surface area (TPSA) is 37.3 Å². The Kier molecular flexibility index (Phi) is 2.47. The molecule has 0 aromatic heterocycles. The van der Waals surface area contributed by atoms with Crippen molar-refractivity contribution in [3.05, 3.63) is 24.0 Å². The van der Waals surface area contributed by atoms with Crippen molar-refractivity contribution >= 4 is 5.78 Å². The second-order valence-corrected chi connectivity index (χ2v) is 2.69. The fourth-order valence-electron chi connectivity index (χ4n) is 1.26. The van der Waals surface area contributed by atoms with Crippen LogP contribution in [-0.4, -0.2) is 10.9 Å². The number of carbonyl (C=O) groups excluding carboxylic acids is 1. The van der Waals surface area contributed by atoms with Gasteiger partial charge in [0.15, 0.2) is 5.78 Å². The highest BCUT2D eigenvalue weighted by atomic mass is 16.3. The fraction of sp³-hybridized carbons (Fsp3) is 0.444. The number of allylic oxidation sites excluding steroid dienone is 3. The van der Waals surface area contributed by atoms with E-state index < -0.39 is 0 Å². The second kappa shape index (κ2) is 3.37. The SMILES string of the molecule is C=CCC1=C(O)CCCC1=O. The summed E-state index contributed by atoms with van der Waals surface area (Å²) in [5.41, 5.74) is 0.561. The Hall–Kier alpha value is -1.05. The standard InChI is InChI=1S/C9H12O2/c1-2-4-7-8(10)5-3-6-9(7)11/h2,10H,1,3-6H2. The number of ketones is 1. The van der Waals surface area contributed by atoms with Crippen LogP contribution in [0.2, 0.25) is 0 Å². The summed E-state index contributed by atoms with van der Waals surface area (Å²) in [7, 11) is 0. The minimum Gasteiger partial charge on any atom is -0.512 e. The van der Waals surface area contributed by atoms with Crippen LogP contribution in [0, 0.1) is 0 Å². The number of aliphatic hydroxyl groups excluding tert-OH is 1. The Balaban J connectivity index is 2.81. The molecule has 1 aliphatic carbocycles. The molecule has 0 aromatic rings. The first kappa shape index (κ1) is 8.05. The molecule has 0 heterocycles. The minimum absolute atomic E-state index is 0.0775. The van der Waals surface area contributed by atoms with Crippen LogP contribution in [0.5, 0.6) is 0 Å². The zero-order chi connectivity index (χ0) is 8.27. The molecule has 1 aliphatic rings. The zero-order valence-corrected chi connectivity index (χ0v) is 6.47. The lowest BCUT2D eigenvalue weighted by atomic mass is 9.94. The lowest BCUT2D eigenvalue weighted by Crippen LogP contribution is -2.10. The summed E-state index contributed by atoms with van der Waals surface area (Å²) >= 11 is 0. The van der Waals surface area contributed by atoms with Crippen molar-refractivity contribution in [1.29, 1.82) is 0 Å². The van der Waals surface area contributed by atoms with Crippen LogP contribution in [0.4, 0.5) is 0 Å². The zero-order valence-electron chi connectivity index (χ0n) is 6.47. The average molecular weight is 152 g/mol. The maximum absolute atomic E-state index is 11.1. The molecule has 1 rings (SSSR count). The molecular formula is C9H12O2. The molecule has 60 valence electrons. The Morgan fingerprint density at radius 2 is 2.27 bits per heavy atom. The van der Waals surface area contributed by atoms with Crippen molar-refractivity contribution in [3.63, 3.8) is 0 Å². The largest absolute Gasteiger partial charge is 0.512 e. The summed E-state index contributed by atoms with van der Waals surface area (Å²) in [5, 5.41) is 9.28. The monoisotopic (exact) mass is 152 g/mol. The predicted molar refractivity (Wildman–Crippen MR) is 43.3 cm³/mol. The van der Waals surface area contributed by atoms with Crippen LogP contribution in [0.25, 0.3) is 0 Å². The Bertz CT molecular complexity index is 214. The predicted octanol–water partition coefficient (Wildman–Crippen LogP) is 2.13. The Labute approximate surface area is 66.2 Å². The average Bonchev–Trinajstić information content (AvgIpc) is 1.97. The third-order valence-corrected chi connectivity index (χ3v) is 1.85. The van der Waals surface area contributed by atoms with E-state index in [4.69, 9.17) is 0 Å². The lowest BCUT2D eigenvalue weighted by molar-refractivity contribution is -0.116. The summed E-state index contributed by atoms with van der Waals surface area (Å²) < 4.78 is 0. The maximum Gasteiger partial charge on any atom is 0.162 e. The first-order valence-electron chi connectivity index (χ1n) is 3.80.